The Balaban J connectivity index is 2.06. The van der Waals surface area contributed by atoms with Crippen LogP contribution in [0.2, 0.25) is 0 Å². The Morgan fingerprint density at radius 3 is 3.00 bits per heavy atom. The Morgan fingerprint density at radius 1 is 1.53 bits per heavy atom. The average Bonchev–Trinajstić information content (AvgIpc) is 2.39. The maximum Gasteiger partial charge on any atom is 0.274 e. The molecule has 1 saturated heterocycles. The van der Waals surface area contributed by atoms with E-state index in [1.807, 2.05) is 6.92 Å². The van der Waals surface area contributed by atoms with E-state index in [4.69, 9.17) is 5.11 Å². The van der Waals surface area contributed by atoms with Gasteiger partial charge >= 0.3 is 0 Å². The molecule has 0 unspecified atom stereocenters. The van der Waals surface area contributed by atoms with E-state index in [1.165, 1.54) is 6.20 Å². The van der Waals surface area contributed by atoms with Crippen LogP contribution in [-0.4, -0.2) is 45.6 Å². The lowest BCUT2D eigenvalue weighted by Gasteiger charge is -2.31. The van der Waals surface area contributed by atoms with Gasteiger partial charge in [0.15, 0.2) is 0 Å². The molecule has 0 radical (unpaired) electrons. The summed E-state index contributed by atoms with van der Waals surface area (Å²) in [5.74, 6) is 0.113. The van der Waals surface area contributed by atoms with Crippen LogP contribution < -0.4 is 0 Å². The van der Waals surface area contributed by atoms with Gasteiger partial charge in [0.05, 0.1) is 11.9 Å². The quantitative estimate of drug-likeness (QED) is 0.816. The lowest BCUT2D eigenvalue weighted by atomic mass is 9.99. The Kier molecular flexibility index (Phi) is 3.68. The second kappa shape index (κ2) is 5.23. The third-order valence-corrected chi connectivity index (χ3v) is 3.06. The molecule has 2 heterocycles. The molecule has 0 aromatic carbocycles. The summed E-state index contributed by atoms with van der Waals surface area (Å²) in [6.45, 7) is 3.34. The van der Waals surface area contributed by atoms with Gasteiger partial charge in [-0.25, -0.2) is 4.98 Å². The van der Waals surface area contributed by atoms with E-state index >= 15 is 0 Å². The van der Waals surface area contributed by atoms with Gasteiger partial charge in [0.1, 0.15) is 5.69 Å². The van der Waals surface area contributed by atoms with Crippen molar-refractivity contribution < 1.29 is 9.90 Å². The molecule has 2 rings (SSSR count). The van der Waals surface area contributed by atoms with E-state index in [0.717, 1.165) is 25.1 Å². The van der Waals surface area contributed by atoms with Gasteiger partial charge in [-0.15, -0.1) is 0 Å². The number of nitrogens with zero attached hydrogens (tertiary/aromatic N) is 3. The van der Waals surface area contributed by atoms with Crippen LogP contribution in [0.15, 0.2) is 12.4 Å². The van der Waals surface area contributed by atoms with Crippen molar-refractivity contribution in [3.05, 3.63) is 23.8 Å². The lowest BCUT2D eigenvalue weighted by Crippen LogP contribution is -2.41. The first kappa shape index (κ1) is 12.0. The normalized spacial score (nSPS) is 20.4. The highest BCUT2D eigenvalue weighted by Crippen LogP contribution is 2.17. The minimum absolute atomic E-state index is 0.0874. The molecular formula is C12H17N3O2. The fourth-order valence-corrected chi connectivity index (χ4v) is 2.06. The van der Waals surface area contributed by atoms with E-state index in [-0.39, 0.29) is 18.4 Å². The molecular weight excluding hydrogens is 218 g/mol. The zero-order valence-electron chi connectivity index (χ0n) is 9.96. The third kappa shape index (κ3) is 2.79. The van der Waals surface area contributed by atoms with Gasteiger partial charge in [-0.1, -0.05) is 0 Å². The van der Waals surface area contributed by atoms with Gasteiger partial charge in [-0.3, -0.25) is 9.78 Å². The molecule has 1 N–H and O–H groups in total. The highest BCUT2D eigenvalue weighted by atomic mass is 16.3. The molecule has 1 aromatic rings. The van der Waals surface area contributed by atoms with Crippen LogP contribution in [0.4, 0.5) is 0 Å². The molecule has 92 valence electrons. The number of amides is 1. The van der Waals surface area contributed by atoms with E-state index in [2.05, 4.69) is 9.97 Å². The fourth-order valence-electron chi connectivity index (χ4n) is 2.06. The van der Waals surface area contributed by atoms with Crippen LogP contribution >= 0.6 is 0 Å². The van der Waals surface area contributed by atoms with Crippen LogP contribution in [0, 0.1) is 12.8 Å². The molecule has 17 heavy (non-hydrogen) atoms. The van der Waals surface area contributed by atoms with E-state index < -0.39 is 0 Å². The lowest BCUT2D eigenvalue weighted by molar-refractivity contribution is 0.0614. The number of hydrogen-bond donors (Lipinski definition) is 1. The Morgan fingerprint density at radius 2 is 2.35 bits per heavy atom. The number of aryl methyl sites for hydroxylation is 1. The smallest absolute Gasteiger partial charge is 0.274 e. The highest BCUT2D eigenvalue weighted by Gasteiger charge is 2.24. The Hall–Kier alpha value is -1.49. The zero-order chi connectivity index (χ0) is 12.3. The standard InChI is InChI=1S/C12H17N3O2/c1-9-5-14-11(6-13-9)12(17)15-4-2-3-10(7-15)8-16/h5-6,10,16H,2-4,7-8H2,1H3/t10-/m0/s1. The van der Waals surface area contributed by atoms with Crippen LogP contribution in [0.3, 0.4) is 0 Å². The van der Waals surface area contributed by atoms with Crippen molar-refractivity contribution in [3.63, 3.8) is 0 Å². The molecule has 5 nitrogen and oxygen atoms in total. The van der Waals surface area contributed by atoms with Crippen molar-refractivity contribution in [2.24, 2.45) is 5.92 Å². The zero-order valence-corrected chi connectivity index (χ0v) is 9.96. The molecule has 1 aromatic heterocycles. The van der Waals surface area contributed by atoms with Crippen LogP contribution in [0.1, 0.15) is 29.0 Å². The molecule has 5 heteroatoms. The second-order valence-electron chi connectivity index (χ2n) is 4.49. The number of hydrogen-bond acceptors (Lipinski definition) is 4. The number of carbonyl (C=O) groups excluding carboxylic acids is 1. The van der Waals surface area contributed by atoms with Gasteiger partial charge in [0.25, 0.3) is 5.91 Å². The SMILES string of the molecule is Cc1cnc(C(=O)N2CCC[C@H](CO)C2)cn1. The maximum absolute atomic E-state index is 12.1. The third-order valence-electron chi connectivity index (χ3n) is 3.06. The molecule has 1 aliphatic rings. The Labute approximate surface area is 100 Å². The number of carbonyl (C=O) groups is 1. The number of aliphatic hydroxyl groups excluding tert-OH is 1. The minimum Gasteiger partial charge on any atom is -0.396 e. The molecule has 1 amide bonds. The first-order valence-corrected chi connectivity index (χ1v) is 5.89. The summed E-state index contributed by atoms with van der Waals surface area (Å²) in [7, 11) is 0. The molecule has 1 fully saturated rings. The predicted octanol–water partition coefficient (Wildman–Crippen LogP) is 0.630. The Bertz CT molecular complexity index is 391. The van der Waals surface area contributed by atoms with Crippen LogP contribution in [-0.2, 0) is 0 Å². The molecule has 0 spiro atoms. The summed E-state index contributed by atoms with van der Waals surface area (Å²) < 4.78 is 0. The number of likely N-dealkylation sites (tertiary alicyclic amines) is 1. The number of aromatic nitrogens is 2. The van der Waals surface area contributed by atoms with Gasteiger partial charge in [-0.2, -0.15) is 0 Å². The molecule has 0 bridgehead atoms. The average molecular weight is 235 g/mol. The second-order valence-corrected chi connectivity index (χ2v) is 4.49. The minimum atomic E-state index is -0.0874. The fraction of sp³-hybridized carbons (Fsp3) is 0.583. The largest absolute Gasteiger partial charge is 0.396 e. The summed E-state index contributed by atoms with van der Waals surface area (Å²) in [5.41, 5.74) is 1.18. The summed E-state index contributed by atoms with van der Waals surface area (Å²) in [4.78, 5) is 22.0. The van der Waals surface area contributed by atoms with Gasteiger partial charge in [-0.05, 0) is 25.7 Å². The van der Waals surface area contributed by atoms with Gasteiger partial charge < -0.3 is 10.0 Å². The van der Waals surface area contributed by atoms with Crippen LogP contribution in [0.25, 0.3) is 0 Å². The summed E-state index contributed by atoms with van der Waals surface area (Å²) in [6.07, 6.45) is 5.04. The van der Waals surface area contributed by atoms with E-state index in [1.54, 1.807) is 11.1 Å². The molecule has 0 aliphatic carbocycles. The van der Waals surface area contributed by atoms with Crippen LogP contribution in [0.5, 0.6) is 0 Å². The van der Waals surface area contributed by atoms with Crippen molar-refractivity contribution in [3.8, 4) is 0 Å². The van der Waals surface area contributed by atoms with Crippen molar-refractivity contribution >= 4 is 5.91 Å². The molecule has 1 aliphatic heterocycles. The van der Waals surface area contributed by atoms with E-state index in [9.17, 15) is 4.79 Å². The molecule has 0 saturated carbocycles. The summed E-state index contributed by atoms with van der Waals surface area (Å²) in [6, 6.07) is 0. The van der Waals surface area contributed by atoms with Crippen molar-refractivity contribution in [2.75, 3.05) is 19.7 Å². The summed E-state index contributed by atoms with van der Waals surface area (Å²) in [5, 5.41) is 9.13. The van der Waals surface area contributed by atoms with Gasteiger partial charge in [0.2, 0.25) is 0 Å². The summed E-state index contributed by atoms with van der Waals surface area (Å²) >= 11 is 0. The number of piperidine rings is 1. The maximum atomic E-state index is 12.1. The first-order valence-electron chi connectivity index (χ1n) is 5.89. The van der Waals surface area contributed by atoms with Crippen molar-refractivity contribution in [1.29, 1.82) is 0 Å². The van der Waals surface area contributed by atoms with Crippen molar-refractivity contribution in [2.45, 2.75) is 19.8 Å². The van der Waals surface area contributed by atoms with Gasteiger partial charge in [0, 0.05) is 25.9 Å². The monoisotopic (exact) mass is 235 g/mol. The van der Waals surface area contributed by atoms with E-state index in [0.29, 0.717) is 12.2 Å². The topological polar surface area (TPSA) is 66.3 Å². The highest BCUT2D eigenvalue weighted by molar-refractivity contribution is 5.92. The number of rotatable bonds is 2. The molecule has 1 atom stereocenters. The number of aliphatic hydroxyl groups is 1. The first-order chi connectivity index (χ1) is 8.20. The van der Waals surface area contributed by atoms with Crippen molar-refractivity contribution in [1.82, 2.24) is 14.9 Å². The predicted molar refractivity (Wildman–Crippen MR) is 62.5 cm³/mol.